The maximum Gasteiger partial charge on any atom is 0.372 e. The molecule has 51 heavy (non-hydrogen) atoms. The van der Waals surface area contributed by atoms with Crippen LogP contribution in [-0.2, 0) is 38.4 Å². The largest absolute Gasteiger partial charge is 0.504 e. The van der Waals surface area contributed by atoms with E-state index in [0.29, 0.717) is 4.90 Å². The van der Waals surface area contributed by atoms with Crippen molar-refractivity contribution in [3.8, 4) is 11.5 Å². The van der Waals surface area contributed by atoms with E-state index in [1.807, 2.05) is 0 Å². The number of fused-ring (bicyclic) bond motifs is 1. The minimum Gasteiger partial charge on any atom is -0.504 e. The van der Waals surface area contributed by atoms with Crippen LogP contribution >= 0.6 is 22.9 Å². The number of phenols is 2. The third-order valence-corrected chi connectivity index (χ3v) is 9.69. The molecule has 23 heteroatoms. The first-order valence-electron chi connectivity index (χ1n) is 14.7. The molecule has 4 amide bonds. The van der Waals surface area contributed by atoms with Crippen molar-refractivity contribution in [2.45, 2.75) is 60.6 Å². The molecular weight excluding hydrogens is 731 g/mol. The second-order valence-electron chi connectivity index (χ2n) is 11.8. The number of carbonyl (C=O) groups excluding carboxylic acids is 5. The van der Waals surface area contributed by atoms with Crippen LogP contribution in [0.2, 0.25) is 0 Å². The first-order valence-corrected chi connectivity index (χ1v) is 15.9. The van der Waals surface area contributed by atoms with E-state index in [-0.39, 0.29) is 15.9 Å². The van der Waals surface area contributed by atoms with Gasteiger partial charge in [-0.25, -0.2) is 23.8 Å². The molecule has 20 nitrogen and oxygen atoms in total. The number of alkyl halides is 2. The molecular formula is C28H24ClFN6O14S. The number of rotatable bonds is 9. The van der Waals surface area contributed by atoms with E-state index in [1.165, 1.54) is 5.38 Å². The van der Waals surface area contributed by atoms with Crippen molar-refractivity contribution in [2.75, 3.05) is 12.3 Å². The molecule has 0 spiro atoms. The molecule has 3 aliphatic heterocycles. The molecule has 6 rings (SSSR count). The number of nitrogen functional groups attached to an aromatic ring is 1. The molecule has 0 radical (unpaired) electrons. The summed E-state index contributed by atoms with van der Waals surface area (Å²) in [5.74, 6) is -11.1. The molecule has 270 valence electrons. The van der Waals surface area contributed by atoms with Gasteiger partial charge in [0.15, 0.2) is 27.5 Å². The number of oxime groups is 1. The second kappa shape index (κ2) is 12.3. The Kier molecular flexibility index (Phi) is 8.50. The van der Waals surface area contributed by atoms with Crippen molar-refractivity contribution in [3.63, 3.8) is 0 Å². The lowest BCUT2D eigenvalue weighted by Gasteiger charge is -2.35. The number of benzene rings is 1. The van der Waals surface area contributed by atoms with Crippen LogP contribution < -0.4 is 11.1 Å². The Morgan fingerprint density at radius 1 is 1.06 bits per heavy atom. The number of carbonyl (C=O) groups is 7. The minimum absolute atomic E-state index is 0.0420. The Balaban J connectivity index is 1.22. The topological polar surface area (TPSA) is 298 Å². The van der Waals surface area contributed by atoms with Gasteiger partial charge in [-0.3, -0.25) is 28.9 Å². The Morgan fingerprint density at radius 2 is 1.67 bits per heavy atom. The number of carboxylic acid groups (broad SMARTS) is 2. The van der Waals surface area contributed by atoms with Crippen LogP contribution in [-0.4, -0.2) is 118 Å². The second-order valence-corrected chi connectivity index (χ2v) is 13.4. The summed E-state index contributed by atoms with van der Waals surface area (Å²) in [7, 11) is 0. The van der Waals surface area contributed by atoms with Crippen LogP contribution in [0.4, 0.5) is 9.52 Å². The van der Waals surface area contributed by atoms with Crippen LogP contribution in [0.25, 0.3) is 0 Å². The van der Waals surface area contributed by atoms with Gasteiger partial charge >= 0.3 is 23.6 Å². The molecule has 1 aliphatic carbocycles. The number of aliphatic carboxylic acids is 2. The number of anilines is 1. The van der Waals surface area contributed by atoms with Crippen LogP contribution in [0.1, 0.15) is 58.5 Å². The summed E-state index contributed by atoms with van der Waals surface area (Å²) in [5, 5.41) is 44.7. The van der Waals surface area contributed by atoms with Crippen LogP contribution in [0, 0.1) is 0 Å². The lowest BCUT2D eigenvalue weighted by atomic mass is 9.83. The van der Waals surface area contributed by atoms with E-state index in [1.54, 1.807) is 0 Å². The number of nitrogens with zero attached hydrogens (tertiary/aromatic N) is 4. The first-order chi connectivity index (χ1) is 23.9. The van der Waals surface area contributed by atoms with Crippen molar-refractivity contribution in [3.05, 3.63) is 34.3 Å². The highest BCUT2D eigenvalue weighted by Gasteiger charge is 2.65. The zero-order valence-electron chi connectivity index (χ0n) is 25.5. The van der Waals surface area contributed by atoms with Gasteiger partial charge in [0, 0.05) is 18.2 Å². The summed E-state index contributed by atoms with van der Waals surface area (Å²) in [6, 6.07) is -2.05. The molecule has 1 unspecified atom stereocenters. The number of hydroxylamine groups is 2. The number of hydrogen-bond acceptors (Lipinski definition) is 16. The van der Waals surface area contributed by atoms with Crippen molar-refractivity contribution in [1.82, 2.24) is 20.3 Å². The SMILES string of the molecule is Nc1nc(/C(=N/OC2(C(=O)O)CCC(F)(Cl)CC2)C(=O)N[C@H]2CON(C3(C(=O)O)C[C@H](N4C(=O)c5cc(O)c(O)cc5C4=O)C(=O)O3)C2=O)cs1. The fourth-order valence-corrected chi connectivity index (χ4v) is 6.60. The van der Waals surface area contributed by atoms with E-state index in [4.69, 9.17) is 31.7 Å². The lowest BCUT2D eigenvalue weighted by Crippen LogP contribution is -2.57. The lowest BCUT2D eigenvalue weighted by molar-refractivity contribution is -0.256. The number of imide groups is 1. The van der Waals surface area contributed by atoms with E-state index in [0.717, 1.165) is 23.5 Å². The quantitative estimate of drug-likeness (QED) is 0.0483. The third-order valence-electron chi connectivity index (χ3n) is 8.64. The van der Waals surface area contributed by atoms with Crippen molar-refractivity contribution < 1.29 is 72.8 Å². The van der Waals surface area contributed by atoms with Gasteiger partial charge < -0.3 is 41.1 Å². The van der Waals surface area contributed by atoms with E-state index in [9.17, 15) is 58.4 Å². The molecule has 4 heterocycles. The maximum atomic E-state index is 14.2. The number of halogens is 2. The Hall–Kier alpha value is -5.61. The number of nitrogens with one attached hydrogen (secondary N) is 1. The molecule has 2 aromatic rings. The molecule has 2 saturated heterocycles. The van der Waals surface area contributed by atoms with E-state index < -0.39 is 137 Å². The molecule has 3 atom stereocenters. The smallest absolute Gasteiger partial charge is 0.372 e. The Bertz CT molecular complexity index is 1900. The van der Waals surface area contributed by atoms with Gasteiger partial charge in [0.1, 0.15) is 24.4 Å². The van der Waals surface area contributed by atoms with Gasteiger partial charge in [-0.1, -0.05) is 16.8 Å². The number of amides is 4. The van der Waals surface area contributed by atoms with Gasteiger partial charge in [-0.15, -0.1) is 11.3 Å². The molecule has 4 aliphatic rings. The van der Waals surface area contributed by atoms with Crippen LogP contribution in [0.3, 0.4) is 0 Å². The van der Waals surface area contributed by atoms with Gasteiger partial charge in [0.05, 0.1) is 17.5 Å². The number of cyclic esters (lactones) is 1. The highest BCUT2D eigenvalue weighted by molar-refractivity contribution is 7.13. The minimum atomic E-state index is -2.95. The summed E-state index contributed by atoms with van der Waals surface area (Å²) in [6.07, 6.45) is -2.71. The van der Waals surface area contributed by atoms with Gasteiger partial charge in [-0.05, 0) is 25.0 Å². The standard InChI is InChI=1S/C28H24ClFN6O14S/c29-27(30)3-1-26(2-4-27,23(44)45)50-34-17(13-9-51-25(31)33-13)18(39)32-12-8-48-36(21(12)42)28(24(46)47)7-14(22(43)49-28)35-19(40)10-5-15(37)16(38)6-11(10)20(35)41/h5-6,9,12,14,37-38H,1-4,7-8H2,(H2,31,33)(H,32,39)(H,44,45)(H,46,47)/b34-17-/t12-,14-,26?,27?,28?/m0/s1. The molecule has 7 N–H and O–H groups in total. The highest BCUT2D eigenvalue weighted by atomic mass is 35.5. The average molecular weight is 755 g/mol. The molecule has 3 fully saturated rings. The van der Waals surface area contributed by atoms with Crippen LogP contribution in [0.15, 0.2) is 22.7 Å². The Morgan fingerprint density at radius 3 is 2.20 bits per heavy atom. The third kappa shape index (κ3) is 5.89. The summed E-state index contributed by atoms with van der Waals surface area (Å²) < 4.78 is 19.3. The fourth-order valence-electron chi connectivity index (χ4n) is 5.86. The zero-order chi connectivity index (χ0) is 37.2. The number of aromatic nitrogens is 1. The summed E-state index contributed by atoms with van der Waals surface area (Å²) in [4.78, 5) is 106. The van der Waals surface area contributed by atoms with Crippen LogP contribution in [0.5, 0.6) is 11.5 Å². The summed E-state index contributed by atoms with van der Waals surface area (Å²) in [5.41, 5.74) is -1.06. The number of nitrogens with two attached hydrogens (primary N) is 1. The van der Waals surface area contributed by atoms with E-state index >= 15 is 0 Å². The molecule has 1 aromatic heterocycles. The number of aromatic hydroxyl groups is 2. The van der Waals surface area contributed by atoms with Gasteiger partial charge in [0.2, 0.25) is 5.60 Å². The zero-order valence-corrected chi connectivity index (χ0v) is 27.1. The average Bonchev–Trinajstić information content (AvgIpc) is 3.80. The number of ether oxygens (including phenoxy) is 1. The van der Waals surface area contributed by atoms with Crippen molar-refractivity contribution in [1.29, 1.82) is 0 Å². The fraction of sp³-hybridized carbons (Fsp3) is 0.393. The molecule has 0 bridgehead atoms. The van der Waals surface area contributed by atoms with Crippen molar-refractivity contribution >= 4 is 75.3 Å². The molecule has 1 aromatic carbocycles. The highest BCUT2D eigenvalue weighted by Crippen LogP contribution is 2.43. The summed E-state index contributed by atoms with van der Waals surface area (Å²) in [6.45, 7) is -0.742. The normalized spacial score (nSPS) is 29.3. The number of hydrogen-bond donors (Lipinski definition) is 6. The van der Waals surface area contributed by atoms with Gasteiger partial charge in [-0.2, -0.15) is 5.06 Å². The monoisotopic (exact) mass is 754 g/mol. The maximum absolute atomic E-state index is 14.2. The summed E-state index contributed by atoms with van der Waals surface area (Å²) >= 11 is 6.57. The predicted octanol–water partition coefficient (Wildman–Crippen LogP) is -0.190. The number of thiazole rings is 1. The van der Waals surface area contributed by atoms with Gasteiger partial charge in [0.25, 0.3) is 23.6 Å². The van der Waals surface area contributed by atoms with E-state index in [2.05, 4.69) is 15.5 Å². The first kappa shape index (κ1) is 35.2. The molecule has 1 saturated carbocycles. The predicted molar refractivity (Wildman–Crippen MR) is 163 cm³/mol. The number of carboxylic acids is 2. The Labute approximate surface area is 292 Å². The number of esters is 1. The van der Waals surface area contributed by atoms with Crippen molar-refractivity contribution in [2.24, 2.45) is 5.16 Å². The number of phenolic OH excluding ortho intramolecular Hbond substituents is 2.